The van der Waals surface area contributed by atoms with Crippen molar-refractivity contribution in [2.75, 3.05) is 13.1 Å². The second kappa shape index (κ2) is 6.07. The Hall–Kier alpha value is -3.30. The van der Waals surface area contributed by atoms with Gasteiger partial charge in [-0.2, -0.15) is 0 Å². The Balaban J connectivity index is 1.78. The summed E-state index contributed by atoms with van der Waals surface area (Å²) in [6, 6.07) is 5.78. The monoisotopic (exact) mass is 331 g/mol. The van der Waals surface area contributed by atoms with E-state index in [1.165, 1.54) is 34.0 Å². The number of carbonyl (C=O) groups excluding carboxylic acids is 1. The molecule has 0 saturated carbocycles. The number of benzene rings is 1. The predicted octanol–water partition coefficient (Wildman–Crippen LogP) is 0.722. The summed E-state index contributed by atoms with van der Waals surface area (Å²) >= 11 is 0. The van der Waals surface area contributed by atoms with Crippen molar-refractivity contribution in [1.82, 2.24) is 19.9 Å². The van der Waals surface area contributed by atoms with Gasteiger partial charge < -0.3 is 10.0 Å². The van der Waals surface area contributed by atoms with Gasteiger partial charge in [-0.1, -0.05) is 11.3 Å². The molecule has 1 N–H and O–H groups in total. The molecule has 3 rings (SSSR count). The number of hydrogen-bond acceptors (Lipinski definition) is 6. The van der Waals surface area contributed by atoms with E-state index in [4.69, 9.17) is 5.11 Å². The molecule has 10 heteroatoms. The van der Waals surface area contributed by atoms with Gasteiger partial charge in [0, 0.05) is 25.2 Å². The third kappa shape index (κ3) is 2.93. The first-order valence-electron chi connectivity index (χ1n) is 7.15. The Bertz CT molecular complexity index is 817. The van der Waals surface area contributed by atoms with Crippen molar-refractivity contribution in [2.24, 2.45) is 5.92 Å². The summed E-state index contributed by atoms with van der Waals surface area (Å²) in [5, 5.41) is 27.4. The number of carbonyl (C=O) groups is 2. The number of nitrogens with zero attached hydrogens (tertiary/aromatic N) is 5. The van der Waals surface area contributed by atoms with Gasteiger partial charge in [0.05, 0.1) is 22.7 Å². The lowest BCUT2D eigenvalue weighted by molar-refractivity contribution is -0.384. The quantitative estimate of drug-likeness (QED) is 0.645. The number of amides is 1. The molecular formula is C14H13N5O5. The number of aromatic nitrogens is 3. The molecule has 2 heterocycles. The van der Waals surface area contributed by atoms with Crippen LogP contribution in [0.3, 0.4) is 0 Å². The number of carboxylic acid groups (broad SMARTS) is 1. The van der Waals surface area contributed by atoms with Crippen LogP contribution >= 0.6 is 0 Å². The van der Waals surface area contributed by atoms with Gasteiger partial charge >= 0.3 is 5.97 Å². The lowest BCUT2D eigenvalue weighted by Crippen LogP contribution is -2.30. The van der Waals surface area contributed by atoms with E-state index in [0.29, 0.717) is 18.7 Å². The van der Waals surface area contributed by atoms with E-state index in [1.807, 2.05) is 0 Å². The van der Waals surface area contributed by atoms with Gasteiger partial charge in [0.2, 0.25) is 0 Å². The molecule has 24 heavy (non-hydrogen) atoms. The highest BCUT2D eigenvalue weighted by Crippen LogP contribution is 2.19. The van der Waals surface area contributed by atoms with Crippen molar-refractivity contribution in [3.05, 3.63) is 46.3 Å². The number of hydrogen-bond donors (Lipinski definition) is 1. The van der Waals surface area contributed by atoms with E-state index in [2.05, 4.69) is 10.3 Å². The highest BCUT2D eigenvalue weighted by Gasteiger charge is 2.32. The second-order valence-electron chi connectivity index (χ2n) is 5.40. The van der Waals surface area contributed by atoms with Crippen LogP contribution in [0.25, 0.3) is 5.69 Å². The fourth-order valence-corrected chi connectivity index (χ4v) is 2.55. The summed E-state index contributed by atoms with van der Waals surface area (Å²) in [5.41, 5.74) is 0.368. The first-order valence-corrected chi connectivity index (χ1v) is 7.15. The minimum atomic E-state index is -0.925. The van der Waals surface area contributed by atoms with Crippen molar-refractivity contribution in [1.29, 1.82) is 0 Å². The van der Waals surface area contributed by atoms with Gasteiger partial charge in [-0.15, -0.1) is 5.10 Å². The first-order chi connectivity index (χ1) is 11.5. The molecule has 1 fully saturated rings. The van der Waals surface area contributed by atoms with Crippen LogP contribution in [0.1, 0.15) is 16.9 Å². The maximum absolute atomic E-state index is 12.3. The number of carboxylic acids is 1. The van der Waals surface area contributed by atoms with E-state index in [0.717, 1.165) is 0 Å². The van der Waals surface area contributed by atoms with Gasteiger partial charge in [-0.25, -0.2) is 4.68 Å². The van der Waals surface area contributed by atoms with Gasteiger partial charge in [-0.3, -0.25) is 19.7 Å². The van der Waals surface area contributed by atoms with Gasteiger partial charge in [0.1, 0.15) is 0 Å². The third-order valence-electron chi connectivity index (χ3n) is 3.84. The molecule has 1 aromatic heterocycles. The molecule has 1 aliphatic heterocycles. The highest BCUT2D eigenvalue weighted by atomic mass is 16.6. The fraction of sp³-hybridized carbons (Fsp3) is 0.286. The van der Waals surface area contributed by atoms with Crippen LogP contribution in [0, 0.1) is 16.0 Å². The molecule has 0 aliphatic carbocycles. The maximum atomic E-state index is 12.3. The summed E-state index contributed by atoms with van der Waals surface area (Å²) in [6.07, 6.45) is 1.77. The molecule has 0 spiro atoms. The van der Waals surface area contributed by atoms with Crippen molar-refractivity contribution >= 4 is 17.6 Å². The number of rotatable bonds is 4. The zero-order valence-electron chi connectivity index (χ0n) is 12.4. The Morgan fingerprint density at radius 1 is 1.38 bits per heavy atom. The molecule has 1 unspecified atom stereocenters. The molecular weight excluding hydrogens is 318 g/mol. The molecule has 10 nitrogen and oxygen atoms in total. The first kappa shape index (κ1) is 15.6. The van der Waals surface area contributed by atoms with Crippen LogP contribution in [0.5, 0.6) is 0 Å². The third-order valence-corrected chi connectivity index (χ3v) is 3.84. The van der Waals surface area contributed by atoms with E-state index >= 15 is 0 Å². The van der Waals surface area contributed by atoms with Crippen molar-refractivity contribution in [3.8, 4) is 5.69 Å². The number of likely N-dealkylation sites (tertiary alicyclic amines) is 1. The molecule has 0 radical (unpaired) electrons. The van der Waals surface area contributed by atoms with Crippen molar-refractivity contribution in [3.63, 3.8) is 0 Å². The highest BCUT2D eigenvalue weighted by molar-refractivity contribution is 5.92. The Kier molecular flexibility index (Phi) is 3.94. The van der Waals surface area contributed by atoms with E-state index in [-0.39, 0.29) is 17.9 Å². The van der Waals surface area contributed by atoms with Crippen LogP contribution in [0.4, 0.5) is 5.69 Å². The number of nitro groups is 1. The van der Waals surface area contributed by atoms with Crippen LogP contribution in [0.2, 0.25) is 0 Å². The zero-order chi connectivity index (χ0) is 17.3. The Morgan fingerprint density at radius 2 is 2.17 bits per heavy atom. The van der Waals surface area contributed by atoms with Gasteiger partial charge in [-0.05, 0) is 12.5 Å². The minimum absolute atomic E-state index is 0.0625. The normalized spacial score (nSPS) is 17.0. The van der Waals surface area contributed by atoms with E-state index in [9.17, 15) is 19.7 Å². The second-order valence-corrected chi connectivity index (χ2v) is 5.40. The number of nitro benzene ring substituents is 1. The maximum Gasteiger partial charge on any atom is 0.308 e. The average molecular weight is 331 g/mol. The van der Waals surface area contributed by atoms with Crippen LogP contribution < -0.4 is 0 Å². The predicted molar refractivity (Wildman–Crippen MR) is 79.7 cm³/mol. The topological polar surface area (TPSA) is 131 Å². The standard InChI is InChI=1S/C14H13N5O5/c20-13(17-5-4-9(7-17)14(21)22)12-8-18(16-15-12)10-2-1-3-11(6-10)19(23)24/h1-3,6,8-9H,4-5,7H2,(H,21,22). The minimum Gasteiger partial charge on any atom is -0.481 e. The summed E-state index contributed by atoms with van der Waals surface area (Å²) in [7, 11) is 0. The lowest BCUT2D eigenvalue weighted by Gasteiger charge is -2.13. The van der Waals surface area contributed by atoms with Crippen molar-refractivity contribution in [2.45, 2.75) is 6.42 Å². The number of non-ortho nitro benzene ring substituents is 1. The SMILES string of the molecule is O=C(O)C1CCN(C(=O)c2cn(-c3cccc([N+](=O)[O-])c3)nn2)C1. The van der Waals surface area contributed by atoms with Gasteiger partial charge in [0.25, 0.3) is 11.6 Å². The van der Waals surface area contributed by atoms with Gasteiger partial charge in [0.15, 0.2) is 5.69 Å². The Morgan fingerprint density at radius 3 is 2.83 bits per heavy atom. The number of aliphatic carboxylic acids is 1. The molecule has 124 valence electrons. The van der Waals surface area contributed by atoms with Crippen LogP contribution in [-0.2, 0) is 4.79 Å². The molecule has 1 aliphatic rings. The van der Waals surface area contributed by atoms with Crippen LogP contribution in [-0.4, -0.2) is 54.9 Å². The molecule has 2 aromatic rings. The summed E-state index contributed by atoms with van der Waals surface area (Å²) in [6.45, 7) is 0.483. The summed E-state index contributed by atoms with van der Waals surface area (Å²) in [5.74, 6) is -1.90. The molecule has 1 atom stereocenters. The Labute approximate surface area is 135 Å². The smallest absolute Gasteiger partial charge is 0.308 e. The summed E-state index contributed by atoms with van der Waals surface area (Å²) in [4.78, 5) is 35.0. The zero-order valence-corrected chi connectivity index (χ0v) is 12.4. The largest absolute Gasteiger partial charge is 0.481 e. The van der Waals surface area contributed by atoms with E-state index in [1.54, 1.807) is 6.07 Å². The van der Waals surface area contributed by atoms with Crippen LogP contribution in [0.15, 0.2) is 30.5 Å². The van der Waals surface area contributed by atoms with Crippen molar-refractivity contribution < 1.29 is 19.6 Å². The average Bonchev–Trinajstić information content (AvgIpc) is 3.24. The molecule has 0 bridgehead atoms. The molecule has 1 aromatic carbocycles. The molecule has 1 saturated heterocycles. The molecule has 1 amide bonds. The lowest BCUT2D eigenvalue weighted by atomic mass is 10.1. The van der Waals surface area contributed by atoms with E-state index < -0.39 is 22.7 Å². The fourth-order valence-electron chi connectivity index (χ4n) is 2.55. The summed E-state index contributed by atoms with van der Waals surface area (Å²) < 4.78 is 1.27.